The van der Waals surface area contributed by atoms with Crippen LogP contribution in [0.4, 0.5) is 0 Å². The van der Waals surface area contributed by atoms with Gasteiger partial charge in [0.05, 0.1) is 20.0 Å². The summed E-state index contributed by atoms with van der Waals surface area (Å²) >= 11 is 0. The Hall–Kier alpha value is 0.390. The first-order chi connectivity index (χ1) is 3.48. The van der Waals surface area contributed by atoms with E-state index in [2.05, 4.69) is 20.0 Å². The quantitative estimate of drug-likeness (QED) is 0.570. The minimum atomic E-state index is -0.951. The van der Waals surface area contributed by atoms with E-state index in [0.29, 0.717) is 0 Å². The Morgan fingerprint density at radius 2 is 1.75 bits per heavy atom. The van der Waals surface area contributed by atoms with Crippen molar-refractivity contribution in [2.24, 2.45) is 0 Å². The molecule has 0 rings (SSSR count). The Labute approximate surface area is 52.4 Å². The van der Waals surface area contributed by atoms with Crippen molar-refractivity contribution in [3.8, 4) is 0 Å². The summed E-state index contributed by atoms with van der Waals surface area (Å²) in [7, 11) is -0.951. The zero-order chi connectivity index (χ0) is 6.78. The molecule has 0 heterocycles. The van der Waals surface area contributed by atoms with E-state index < -0.39 is 7.26 Å². The molecule has 0 saturated carbocycles. The molecular formula is C6H16OP+. The molecule has 0 radical (unpaired) electrons. The highest BCUT2D eigenvalue weighted by Gasteiger charge is 2.26. The fourth-order valence-electron chi connectivity index (χ4n) is 0.548. The van der Waals surface area contributed by atoms with Crippen molar-refractivity contribution in [2.75, 3.05) is 20.0 Å². The zero-order valence-corrected chi connectivity index (χ0v) is 7.07. The molecule has 8 heavy (non-hydrogen) atoms. The van der Waals surface area contributed by atoms with Gasteiger partial charge in [0, 0.05) is 13.7 Å². The van der Waals surface area contributed by atoms with Gasteiger partial charge in [-0.25, -0.2) is 0 Å². The Morgan fingerprint density at radius 1 is 1.38 bits per heavy atom. The Balaban J connectivity index is 3.62. The van der Waals surface area contributed by atoms with Gasteiger partial charge < -0.3 is 5.11 Å². The fraction of sp³-hybridized carbons (Fsp3) is 1.00. The normalized spacial score (nSPS) is 16.1. The molecule has 0 aliphatic heterocycles. The van der Waals surface area contributed by atoms with E-state index >= 15 is 0 Å². The molecule has 0 spiro atoms. The third-order valence-electron chi connectivity index (χ3n) is 1.26. The first-order valence-electron chi connectivity index (χ1n) is 2.97. The van der Waals surface area contributed by atoms with Crippen molar-refractivity contribution in [1.29, 1.82) is 0 Å². The number of rotatable bonds is 2. The molecule has 0 aliphatic rings. The molecule has 0 amide bonds. The number of hydrogen-bond acceptors (Lipinski definition) is 1. The van der Waals surface area contributed by atoms with E-state index in [4.69, 9.17) is 0 Å². The van der Waals surface area contributed by atoms with Crippen LogP contribution in [0.1, 0.15) is 13.3 Å². The van der Waals surface area contributed by atoms with Crippen molar-refractivity contribution in [2.45, 2.75) is 19.2 Å². The lowest BCUT2D eigenvalue weighted by molar-refractivity contribution is 0.251. The average molecular weight is 135 g/mol. The Kier molecular flexibility index (Phi) is 2.93. The van der Waals surface area contributed by atoms with Gasteiger partial charge in [-0.05, 0) is 0 Å². The van der Waals surface area contributed by atoms with E-state index in [1.54, 1.807) is 0 Å². The maximum Gasteiger partial charge on any atom is 0.162 e. The van der Waals surface area contributed by atoms with Gasteiger partial charge in [-0.15, -0.1) is 0 Å². The van der Waals surface area contributed by atoms with Crippen molar-refractivity contribution >= 4 is 7.26 Å². The predicted molar refractivity (Wildman–Crippen MR) is 41.0 cm³/mol. The summed E-state index contributed by atoms with van der Waals surface area (Å²) < 4.78 is 0. The molecule has 2 heteroatoms. The molecular weight excluding hydrogens is 119 g/mol. The van der Waals surface area contributed by atoms with Crippen LogP contribution in [-0.2, 0) is 0 Å². The maximum absolute atomic E-state index is 9.24. The first kappa shape index (κ1) is 8.39. The third kappa shape index (κ3) is 2.64. The maximum atomic E-state index is 9.24. The number of aliphatic hydroxyl groups is 1. The lowest BCUT2D eigenvalue weighted by Crippen LogP contribution is -2.08. The van der Waals surface area contributed by atoms with E-state index in [9.17, 15) is 5.11 Å². The fourth-order valence-corrected chi connectivity index (χ4v) is 1.64. The van der Waals surface area contributed by atoms with Crippen molar-refractivity contribution in [3.05, 3.63) is 0 Å². The minimum Gasteiger partial charge on any atom is -0.359 e. The van der Waals surface area contributed by atoms with Crippen LogP contribution in [0.5, 0.6) is 0 Å². The Morgan fingerprint density at radius 3 is 1.75 bits per heavy atom. The van der Waals surface area contributed by atoms with Crippen LogP contribution < -0.4 is 0 Å². The highest BCUT2D eigenvalue weighted by Crippen LogP contribution is 2.51. The third-order valence-corrected chi connectivity index (χ3v) is 3.41. The highest BCUT2D eigenvalue weighted by atomic mass is 31.2. The summed E-state index contributed by atoms with van der Waals surface area (Å²) in [5, 5.41) is 9.24. The van der Waals surface area contributed by atoms with Crippen LogP contribution in [0.25, 0.3) is 0 Å². The van der Waals surface area contributed by atoms with Crippen molar-refractivity contribution in [1.82, 2.24) is 0 Å². The predicted octanol–water partition coefficient (Wildman–Crippen LogP) is 1.62. The van der Waals surface area contributed by atoms with Crippen LogP contribution in [0.2, 0.25) is 0 Å². The van der Waals surface area contributed by atoms with Gasteiger partial charge >= 0.3 is 0 Å². The average Bonchev–Trinajstić information content (AvgIpc) is 1.62. The van der Waals surface area contributed by atoms with E-state index in [0.717, 1.165) is 6.42 Å². The molecule has 1 unspecified atom stereocenters. The molecule has 1 N–H and O–H groups in total. The van der Waals surface area contributed by atoms with Crippen LogP contribution in [0.15, 0.2) is 0 Å². The number of hydrogen-bond donors (Lipinski definition) is 1. The summed E-state index contributed by atoms with van der Waals surface area (Å²) in [6, 6.07) is 0. The summed E-state index contributed by atoms with van der Waals surface area (Å²) in [6.45, 7) is 8.49. The summed E-state index contributed by atoms with van der Waals surface area (Å²) in [6.07, 6.45) is 0.900. The van der Waals surface area contributed by atoms with E-state index in [1.165, 1.54) is 0 Å². The van der Waals surface area contributed by atoms with Gasteiger partial charge in [0.2, 0.25) is 0 Å². The summed E-state index contributed by atoms with van der Waals surface area (Å²) in [5.41, 5.74) is 0. The molecule has 50 valence electrons. The lowest BCUT2D eigenvalue weighted by Gasteiger charge is -2.16. The van der Waals surface area contributed by atoms with E-state index in [-0.39, 0.29) is 5.85 Å². The van der Waals surface area contributed by atoms with Crippen LogP contribution in [-0.4, -0.2) is 30.9 Å². The molecule has 0 aliphatic carbocycles. The molecule has 0 saturated heterocycles. The monoisotopic (exact) mass is 135 g/mol. The zero-order valence-electron chi connectivity index (χ0n) is 6.18. The van der Waals surface area contributed by atoms with Crippen molar-refractivity contribution in [3.63, 3.8) is 0 Å². The van der Waals surface area contributed by atoms with Crippen molar-refractivity contribution < 1.29 is 5.11 Å². The molecule has 0 aromatic rings. The van der Waals surface area contributed by atoms with Crippen LogP contribution in [0.3, 0.4) is 0 Å². The second-order valence-corrected chi connectivity index (χ2v) is 7.83. The lowest BCUT2D eigenvalue weighted by atomic mass is 10.5. The Bertz CT molecular complexity index is 65.4. The topological polar surface area (TPSA) is 20.2 Å². The van der Waals surface area contributed by atoms with Gasteiger partial charge in [0.25, 0.3) is 0 Å². The molecule has 0 bridgehead atoms. The first-order valence-corrected chi connectivity index (χ1v) is 6.17. The van der Waals surface area contributed by atoms with Gasteiger partial charge in [-0.2, -0.15) is 0 Å². The van der Waals surface area contributed by atoms with Gasteiger partial charge in [0.1, 0.15) is 0 Å². The minimum absolute atomic E-state index is 0.0394. The standard InChI is InChI=1S/C6H16OP/c1-5-6(7)8(2,3)4/h6-7H,5H2,1-4H3/q+1. The largest absolute Gasteiger partial charge is 0.359 e. The summed E-state index contributed by atoms with van der Waals surface area (Å²) in [4.78, 5) is 0. The molecule has 0 aromatic heterocycles. The molecule has 1 nitrogen and oxygen atoms in total. The number of aliphatic hydroxyl groups excluding tert-OH is 1. The van der Waals surface area contributed by atoms with Gasteiger partial charge in [-0.1, -0.05) is 6.92 Å². The van der Waals surface area contributed by atoms with Crippen LogP contribution in [0, 0.1) is 0 Å². The summed E-state index contributed by atoms with van der Waals surface area (Å²) in [5.74, 6) is -0.0394. The smallest absolute Gasteiger partial charge is 0.162 e. The molecule has 0 aromatic carbocycles. The second-order valence-electron chi connectivity index (χ2n) is 3.01. The SMILES string of the molecule is CCC(O)[P+](C)(C)C. The van der Waals surface area contributed by atoms with Crippen LogP contribution >= 0.6 is 7.26 Å². The second kappa shape index (κ2) is 2.80. The van der Waals surface area contributed by atoms with Gasteiger partial charge in [0.15, 0.2) is 5.85 Å². The highest BCUT2D eigenvalue weighted by molar-refractivity contribution is 7.74. The molecule has 1 atom stereocenters. The molecule has 0 fully saturated rings. The van der Waals surface area contributed by atoms with E-state index in [1.807, 2.05) is 6.92 Å². The van der Waals surface area contributed by atoms with Gasteiger partial charge in [-0.3, -0.25) is 0 Å².